The van der Waals surface area contributed by atoms with Crippen LogP contribution >= 0.6 is 0 Å². The third-order valence-corrected chi connectivity index (χ3v) is 4.06. The molecule has 0 fully saturated rings. The molecule has 1 heterocycles. The van der Waals surface area contributed by atoms with Gasteiger partial charge in [0.15, 0.2) is 0 Å². The predicted molar refractivity (Wildman–Crippen MR) is 87.9 cm³/mol. The molecular formula is C18H28N2. The number of H-pyrrole nitrogens is 1. The number of hydrogen-bond acceptors (Lipinski definition) is 1. The smallest absolute Gasteiger partial charge is 0.0457 e. The van der Waals surface area contributed by atoms with Gasteiger partial charge in [0.25, 0.3) is 0 Å². The molecule has 0 atom stereocenters. The monoisotopic (exact) mass is 272 g/mol. The third-order valence-electron chi connectivity index (χ3n) is 4.06. The summed E-state index contributed by atoms with van der Waals surface area (Å²) < 4.78 is 0. The van der Waals surface area contributed by atoms with Crippen molar-refractivity contribution in [1.82, 2.24) is 10.3 Å². The molecule has 0 amide bonds. The van der Waals surface area contributed by atoms with Gasteiger partial charge >= 0.3 is 0 Å². The van der Waals surface area contributed by atoms with E-state index in [0.717, 1.165) is 13.1 Å². The lowest BCUT2D eigenvalue weighted by Crippen LogP contribution is -2.29. The van der Waals surface area contributed by atoms with Gasteiger partial charge in [0.1, 0.15) is 0 Å². The van der Waals surface area contributed by atoms with Crippen LogP contribution in [0.3, 0.4) is 0 Å². The van der Waals surface area contributed by atoms with Crippen molar-refractivity contribution in [1.29, 1.82) is 0 Å². The highest BCUT2D eigenvalue weighted by Crippen LogP contribution is 2.23. The number of hydrogen-bond donors (Lipinski definition) is 2. The molecule has 0 aliphatic heterocycles. The van der Waals surface area contributed by atoms with Crippen molar-refractivity contribution >= 4 is 10.9 Å². The van der Waals surface area contributed by atoms with Crippen LogP contribution in [0.15, 0.2) is 30.5 Å². The minimum absolute atomic E-state index is 0.390. The van der Waals surface area contributed by atoms with Crippen LogP contribution in [0, 0.1) is 5.41 Å². The molecule has 0 spiro atoms. The summed E-state index contributed by atoms with van der Waals surface area (Å²) in [5.74, 6) is 0. The normalized spacial score (nSPS) is 12.2. The highest BCUT2D eigenvalue weighted by molar-refractivity contribution is 5.82. The van der Waals surface area contributed by atoms with Gasteiger partial charge in [0.05, 0.1) is 0 Å². The Hall–Kier alpha value is -1.28. The Morgan fingerprint density at radius 3 is 2.80 bits per heavy atom. The first-order valence-corrected chi connectivity index (χ1v) is 7.88. The average molecular weight is 272 g/mol. The Balaban J connectivity index is 1.84. The van der Waals surface area contributed by atoms with Gasteiger partial charge in [-0.25, -0.2) is 0 Å². The Kier molecular flexibility index (Phi) is 5.24. The van der Waals surface area contributed by atoms with Gasteiger partial charge in [-0.1, -0.05) is 52.2 Å². The molecule has 1 aromatic carbocycles. The van der Waals surface area contributed by atoms with E-state index in [1.807, 2.05) is 6.20 Å². The molecule has 2 nitrogen and oxygen atoms in total. The molecule has 0 radical (unpaired) electrons. The lowest BCUT2D eigenvalue weighted by Gasteiger charge is -2.25. The molecule has 0 saturated heterocycles. The van der Waals surface area contributed by atoms with Crippen molar-refractivity contribution < 1.29 is 0 Å². The van der Waals surface area contributed by atoms with Gasteiger partial charge in [0.2, 0.25) is 0 Å². The van der Waals surface area contributed by atoms with Crippen molar-refractivity contribution in [3.8, 4) is 0 Å². The molecule has 0 bridgehead atoms. The molecule has 0 aliphatic rings. The first-order chi connectivity index (χ1) is 9.62. The zero-order valence-corrected chi connectivity index (χ0v) is 13.1. The van der Waals surface area contributed by atoms with E-state index in [1.54, 1.807) is 0 Å². The van der Waals surface area contributed by atoms with Gasteiger partial charge in [0, 0.05) is 30.2 Å². The minimum Gasteiger partial charge on any atom is -0.361 e. The maximum atomic E-state index is 3.64. The van der Waals surface area contributed by atoms with Crippen molar-refractivity contribution in [2.24, 2.45) is 5.41 Å². The Bertz CT molecular complexity index is 525. The lowest BCUT2D eigenvalue weighted by atomic mass is 9.87. The summed E-state index contributed by atoms with van der Waals surface area (Å²) in [6, 6.07) is 8.64. The lowest BCUT2D eigenvalue weighted by molar-refractivity contribution is 0.302. The van der Waals surface area contributed by atoms with Gasteiger partial charge in [-0.05, 0) is 29.5 Å². The molecule has 0 saturated carbocycles. The van der Waals surface area contributed by atoms with E-state index in [9.17, 15) is 0 Å². The van der Waals surface area contributed by atoms with Crippen molar-refractivity contribution in [2.45, 2.75) is 53.0 Å². The summed E-state index contributed by atoms with van der Waals surface area (Å²) in [4.78, 5) is 3.27. The van der Waals surface area contributed by atoms with Crippen LogP contribution in [0.5, 0.6) is 0 Å². The summed E-state index contributed by atoms with van der Waals surface area (Å²) >= 11 is 0. The van der Waals surface area contributed by atoms with Crippen molar-refractivity contribution in [3.05, 3.63) is 36.0 Å². The van der Waals surface area contributed by atoms with Gasteiger partial charge in [-0.2, -0.15) is 0 Å². The molecule has 2 rings (SSSR count). The Labute approximate surface area is 123 Å². The summed E-state index contributed by atoms with van der Waals surface area (Å²) in [6.07, 6.45) is 7.33. The van der Waals surface area contributed by atoms with Crippen LogP contribution in [0.2, 0.25) is 0 Å². The van der Waals surface area contributed by atoms with E-state index in [0.29, 0.717) is 5.41 Å². The van der Waals surface area contributed by atoms with E-state index >= 15 is 0 Å². The van der Waals surface area contributed by atoms with E-state index in [1.165, 1.54) is 42.1 Å². The van der Waals surface area contributed by atoms with Crippen LogP contribution in [-0.4, -0.2) is 11.5 Å². The molecular weight excluding hydrogens is 244 g/mol. The largest absolute Gasteiger partial charge is 0.361 e. The average Bonchev–Trinajstić information content (AvgIpc) is 2.88. The number of unbranched alkanes of at least 4 members (excludes halogenated alkanes) is 2. The zero-order valence-electron chi connectivity index (χ0n) is 13.1. The Morgan fingerprint density at radius 1 is 1.15 bits per heavy atom. The molecule has 2 N–H and O–H groups in total. The summed E-state index contributed by atoms with van der Waals surface area (Å²) in [7, 11) is 0. The standard InChI is InChI=1S/C18H28N2/c1-4-5-6-11-18(2,3)14-19-13-15-8-7-9-17-16(15)10-12-20-17/h7-10,12,19-20H,4-6,11,13-14H2,1-3H3. The predicted octanol–water partition coefficient (Wildman–Crippen LogP) is 4.86. The number of nitrogens with one attached hydrogen (secondary N) is 2. The summed E-state index contributed by atoms with van der Waals surface area (Å²) in [6.45, 7) is 9.03. The van der Waals surface area contributed by atoms with Crippen LogP contribution < -0.4 is 5.32 Å². The van der Waals surface area contributed by atoms with E-state index in [4.69, 9.17) is 0 Å². The minimum atomic E-state index is 0.390. The molecule has 0 unspecified atom stereocenters. The second kappa shape index (κ2) is 6.94. The van der Waals surface area contributed by atoms with Crippen LogP contribution in [0.4, 0.5) is 0 Å². The maximum Gasteiger partial charge on any atom is 0.0457 e. The maximum absolute atomic E-state index is 3.64. The summed E-state index contributed by atoms with van der Waals surface area (Å²) in [5, 5.41) is 4.97. The first-order valence-electron chi connectivity index (χ1n) is 7.88. The second-order valence-corrected chi connectivity index (χ2v) is 6.58. The fourth-order valence-corrected chi connectivity index (χ4v) is 2.78. The number of fused-ring (bicyclic) bond motifs is 1. The molecule has 20 heavy (non-hydrogen) atoms. The zero-order chi connectivity index (χ0) is 14.4. The number of benzene rings is 1. The van der Waals surface area contributed by atoms with E-state index in [-0.39, 0.29) is 0 Å². The molecule has 1 aromatic heterocycles. The molecule has 2 heteroatoms. The van der Waals surface area contributed by atoms with Crippen LogP contribution in [-0.2, 0) is 6.54 Å². The fourth-order valence-electron chi connectivity index (χ4n) is 2.78. The molecule has 0 aliphatic carbocycles. The fraction of sp³-hybridized carbons (Fsp3) is 0.556. The number of aromatic nitrogens is 1. The van der Waals surface area contributed by atoms with Crippen LogP contribution in [0.25, 0.3) is 10.9 Å². The number of rotatable bonds is 8. The highest BCUT2D eigenvalue weighted by Gasteiger charge is 2.16. The third kappa shape index (κ3) is 4.11. The van der Waals surface area contributed by atoms with Crippen LogP contribution in [0.1, 0.15) is 52.0 Å². The SMILES string of the molecule is CCCCCC(C)(C)CNCc1cccc2[nH]ccc12. The molecule has 2 aromatic rings. The van der Waals surface area contributed by atoms with Crippen molar-refractivity contribution in [3.63, 3.8) is 0 Å². The Morgan fingerprint density at radius 2 is 2.00 bits per heavy atom. The topological polar surface area (TPSA) is 27.8 Å². The van der Waals surface area contributed by atoms with Gasteiger partial charge in [-0.3, -0.25) is 0 Å². The van der Waals surface area contributed by atoms with Crippen molar-refractivity contribution in [2.75, 3.05) is 6.54 Å². The van der Waals surface area contributed by atoms with Gasteiger partial charge < -0.3 is 10.3 Å². The quantitative estimate of drug-likeness (QED) is 0.660. The number of aromatic amines is 1. The van der Waals surface area contributed by atoms with Gasteiger partial charge in [-0.15, -0.1) is 0 Å². The first kappa shape index (κ1) is 15.1. The van der Waals surface area contributed by atoms with E-state index in [2.05, 4.69) is 55.3 Å². The second-order valence-electron chi connectivity index (χ2n) is 6.58. The molecule has 110 valence electrons. The highest BCUT2D eigenvalue weighted by atomic mass is 14.9. The van der Waals surface area contributed by atoms with E-state index < -0.39 is 0 Å². The summed E-state index contributed by atoms with van der Waals surface area (Å²) in [5.41, 5.74) is 3.00.